The smallest absolute Gasteiger partial charge is 0.289 e. The number of piperazine rings is 1. The van der Waals surface area contributed by atoms with E-state index in [2.05, 4.69) is 21.8 Å². The van der Waals surface area contributed by atoms with Crippen molar-refractivity contribution in [2.75, 3.05) is 44.7 Å². The van der Waals surface area contributed by atoms with Crippen molar-refractivity contribution in [3.05, 3.63) is 42.2 Å². The zero-order valence-electron chi connectivity index (χ0n) is 15.8. The van der Waals surface area contributed by atoms with Crippen molar-refractivity contribution >= 4 is 17.6 Å². The third-order valence-corrected chi connectivity index (χ3v) is 4.69. The molecule has 2 amide bonds. The largest absolute Gasteiger partial charge is 0.459 e. The van der Waals surface area contributed by atoms with Gasteiger partial charge < -0.3 is 19.1 Å². The third-order valence-electron chi connectivity index (χ3n) is 4.69. The standard InChI is InChI=1S/C19H25N5O3/c1-3-4-7-22(2)18(25)15-13-17(21-14-20-15)23-8-10-24(11-9-23)19(26)16-6-5-12-27-16/h5-6,12-14H,3-4,7-11H2,1-2H3. The number of hydrogen-bond acceptors (Lipinski definition) is 6. The molecule has 8 heteroatoms. The molecule has 0 bridgehead atoms. The molecular formula is C19H25N5O3. The molecule has 0 saturated carbocycles. The molecule has 1 aliphatic heterocycles. The van der Waals surface area contributed by atoms with Gasteiger partial charge in [-0.1, -0.05) is 13.3 Å². The van der Waals surface area contributed by atoms with Gasteiger partial charge in [0.2, 0.25) is 0 Å². The second-order valence-corrected chi connectivity index (χ2v) is 6.60. The van der Waals surface area contributed by atoms with E-state index in [0.29, 0.717) is 50.0 Å². The minimum absolute atomic E-state index is 0.0984. The number of carbonyl (C=O) groups excluding carboxylic acids is 2. The van der Waals surface area contributed by atoms with Gasteiger partial charge in [-0.3, -0.25) is 9.59 Å². The summed E-state index contributed by atoms with van der Waals surface area (Å²) in [7, 11) is 1.79. The maximum absolute atomic E-state index is 12.5. The first-order valence-corrected chi connectivity index (χ1v) is 9.25. The zero-order valence-corrected chi connectivity index (χ0v) is 15.8. The SMILES string of the molecule is CCCCN(C)C(=O)c1cc(N2CCN(C(=O)c3ccco3)CC2)ncn1. The Hall–Kier alpha value is -2.90. The minimum atomic E-state index is -0.101. The predicted molar refractivity (Wildman–Crippen MR) is 101 cm³/mol. The van der Waals surface area contributed by atoms with Crippen LogP contribution in [0.5, 0.6) is 0 Å². The van der Waals surface area contributed by atoms with Crippen LogP contribution in [0.3, 0.4) is 0 Å². The van der Waals surface area contributed by atoms with Crippen molar-refractivity contribution in [1.82, 2.24) is 19.8 Å². The van der Waals surface area contributed by atoms with E-state index >= 15 is 0 Å². The van der Waals surface area contributed by atoms with Crippen molar-refractivity contribution < 1.29 is 14.0 Å². The lowest BCUT2D eigenvalue weighted by atomic mass is 10.2. The van der Waals surface area contributed by atoms with Crippen LogP contribution in [0.4, 0.5) is 5.82 Å². The summed E-state index contributed by atoms with van der Waals surface area (Å²) in [6.45, 7) is 5.23. The molecule has 1 saturated heterocycles. The van der Waals surface area contributed by atoms with Crippen molar-refractivity contribution in [2.24, 2.45) is 0 Å². The number of anilines is 1. The number of aromatic nitrogens is 2. The lowest BCUT2D eigenvalue weighted by Crippen LogP contribution is -2.49. The van der Waals surface area contributed by atoms with E-state index in [1.807, 2.05) is 0 Å². The van der Waals surface area contributed by atoms with Crippen LogP contribution < -0.4 is 4.90 Å². The van der Waals surface area contributed by atoms with Crippen LogP contribution in [0, 0.1) is 0 Å². The Labute approximate surface area is 158 Å². The Balaban J connectivity index is 1.61. The highest BCUT2D eigenvalue weighted by Crippen LogP contribution is 2.16. The van der Waals surface area contributed by atoms with Gasteiger partial charge in [0.1, 0.15) is 17.8 Å². The summed E-state index contributed by atoms with van der Waals surface area (Å²) in [4.78, 5) is 38.8. The monoisotopic (exact) mass is 371 g/mol. The average molecular weight is 371 g/mol. The number of unbranched alkanes of at least 4 members (excludes halogenated alkanes) is 1. The first kappa shape index (κ1) is 18.9. The fourth-order valence-corrected chi connectivity index (χ4v) is 3.02. The van der Waals surface area contributed by atoms with Gasteiger partial charge in [0, 0.05) is 45.8 Å². The second-order valence-electron chi connectivity index (χ2n) is 6.60. The number of rotatable bonds is 6. The van der Waals surface area contributed by atoms with Gasteiger partial charge in [0.25, 0.3) is 11.8 Å². The van der Waals surface area contributed by atoms with Crippen LogP contribution in [-0.2, 0) is 0 Å². The van der Waals surface area contributed by atoms with Crippen molar-refractivity contribution in [1.29, 1.82) is 0 Å². The summed E-state index contributed by atoms with van der Waals surface area (Å²) < 4.78 is 5.18. The Morgan fingerprint density at radius 1 is 1.22 bits per heavy atom. The van der Waals surface area contributed by atoms with E-state index in [1.165, 1.54) is 12.6 Å². The predicted octanol–water partition coefficient (Wildman–Crippen LogP) is 1.90. The lowest BCUT2D eigenvalue weighted by molar-refractivity contribution is 0.0714. The van der Waals surface area contributed by atoms with Gasteiger partial charge in [-0.05, 0) is 18.6 Å². The van der Waals surface area contributed by atoms with Gasteiger partial charge >= 0.3 is 0 Å². The highest BCUT2D eigenvalue weighted by Gasteiger charge is 2.25. The fraction of sp³-hybridized carbons (Fsp3) is 0.474. The molecule has 0 N–H and O–H groups in total. The molecule has 2 aromatic rings. The molecule has 8 nitrogen and oxygen atoms in total. The van der Waals surface area contributed by atoms with Crippen molar-refractivity contribution in [3.8, 4) is 0 Å². The number of hydrogen-bond donors (Lipinski definition) is 0. The van der Waals surface area contributed by atoms with Crippen LogP contribution in [0.2, 0.25) is 0 Å². The fourth-order valence-electron chi connectivity index (χ4n) is 3.02. The quantitative estimate of drug-likeness (QED) is 0.771. The first-order valence-electron chi connectivity index (χ1n) is 9.25. The highest BCUT2D eigenvalue weighted by molar-refractivity contribution is 5.93. The summed E-state index contributed by atoms with van der Waals surface area (Å²) in [5.41, 5.74) is 0.396. The Morgan fingerprint density at radius 3 is 2.67 bits per heavy atom. The molecule has 0 atom stereocenters. The molecule has 3 heterocycles. The van der Waals surface area contributed by atoms with Gasteiger partial charge in [0.15, 0.2) is 5.76 Å². The van der Waals surface area contributed by atoms with Gasteiger partial charge in [-0.15, -0.1) is 0 Å². The van der Waals surface area contributed by atoms with E-state index in [1.54, 1.807) is 35.0 Å². The highest BCUT2D eigenvalue weighted by atomic mass is 16.3. The van der Waals surface area contributed by atoms with Crippen LogP contribution in [0.1, 0.15) is 40.8 Å². The number of carbonyl (C=O) groups is 2. The summed E-state index contributed by atoms with van der Waals surface area (Å²) in [6, 6.07) is 5.11. The van der Waals surface area contributed by atoms with Crippen molar-refractivity contribution in [2.45, 2.75) is 19.8 Å². The minimum Gasteiger partial charge on any atom is -0.459 e. The molecule has 2 aromatic heterocycles. The maximum atomic E-state index is 12.5. The molecule has 0 unspecified atom stereocenters. The third kappa shape index (κ3) is 4.45. The van der Waals surface area contributed by atoms with Crippen LogP contribution >= 0.6 is 0 Å². The molecule has 144 valence electrons. The molecule has 0 aliphatic carbocycles. The van der Waals surface area contributed by atoms with Crippen LogP contribution in [0.15, 0.2) is 35.2 Å². The molecule has 3 rings (SSSR count). The molecule has 27 heavy (non-hydrogen) atoms. The topological polar surface area (TPSA) is 82.8 Å². The van der Waals surface area contributed by atoms with E-state index in [9.17, 15) is 9.59 Å². The second kappa shape index (κ2) is 8.66. The molecule has 0 spiro atoms. The van der Waals surface area contributed by atoms with E-state index in [-0.39, 0.29) is 11.8 Å². The summed E-state index contributed by atoms with van der Waals surface area (Å²) in [5, 5.41) is 0. The number of amides is 2. The van der Waals surface area contributed by atoms with Gasteiger partial charge in [-0.2, -0.15) is 0 Å². The Bertz CT molecular complexity index is 769. The van der Waals surface area contributed by atoms with Crippen LogP contribution in [-0.4, -0.2) is 71.4 Å². The summed E-state index contributed by atoms with van der Waals surface area (Å²) in [5.74, 6) is 0.866. The molecule has 1 aliphatic rings. The zero-order chi connectivity index (χ0) is 19.2. The Morgan fingerprint density at radius 2 is 2.00 bits per heavy atom. The van der Waals surface area contributed by atoms with E-state index in [0.717, 1.165) is 12.8 Å². The number of furan rings is 1. The summed E-state index contributed by atoms with van der Waals surface area (Å²) >= 11 is 0. The molecule has 1 fully saturated rings. The lowest BCUT2D eigenvalue weighted by Gasteiger charge is -2.35. The van der Waals surface area contributed by atoms with Gasteiger partial charge in [0.05, 0.1) is 6.26 Å². The van der Waals surface area contributed by atoms with Crippen molar-refractivity contribution in [3.63, 3.8) is 0 Å². The summed E-state index contributed by atoms with van der Waals surface area (Å²) in [6.07, 6.45) is 4.93. The molecule has 0 aromatic carbocycles. The average Bonchev–Trinajstić information content (AvgIpc) is 3.26. The van der Waals surface area contributed by atoms with Gasteiger partial charge in [-0.25, -0.2) is 9.97 Å². The van der Waals surface area contributed by atoms with E-state index < -0.39 is 0 Å². The number of nitrogens with zero attached hydrogens (tertiary/aromatic N) is 5. The first-order chi connectivity index (χ1) is 13.1. The molecule has 0 radical (unpaired) electrons. The normalized spacial score (nSPS) is 14.3. The van der Waals surface area contributed by atoms with E-state index in [4.69, 9.17) is 4.42 Å². The Kier molecular flexibility index (Phi) is 6.05. The molecular weight excluding hydrogens is 346 g/mol. The maximum Gasteiger partial charge on any atom is 0.289 e. The van der Waals surface area contributed by atoms with Crippen LogP contribution in [0.25, 0.3) is 0 Å².